The number of nitrogens with zero attached hydrogens (tertiary/aromatic N) is 3. The van der Waals surface area contributed by atoms with Gasteiger partial charge in [-0.05, 0) is 12.1 Å². The Morgan fingerprint density at radius 3 is 2.25 bits per heavy atom. The molecule has 60 valence electrons. The first-order valence-electron chi connectivity index (χ1n) is 3.47. The van der Waals surface area contributed by atoms with Gasteiger partial charge in [0.15, 0.2) is 0 Å². The number of hydrogen-bond acceptors (Lipinski definition) is 2. The van der Waals surface area contributed by atoms with Crippen LogP contribution in [0, 0.1) is 0 Å². The van der Waals surface area contributed by atoms with Gasteiger partial charge < -0.3 is 0 Å². The normalized spacial score (nSPS) is 10.1. The molecule has 2 rings (SSSR count). The molecule has 0 saturated heterocycles. The molecule has 0 aliphatic rings. The van der Waals surface area contributed by atoms with E-state index in [1.165, 1.54) is 0 Å². The largest absolute Gasteiger partial charge is 0.293 e. The smallest absolute Gasteiger partial charge is 0.233 e. The third-order valence-corrected chi connectivity index (χ3v) is 1.64. The average Bonchev–Trinajstić information content (AvgIpc) is 2.58. The first kappa shape index (κ1) is 7.31. The van der Waals surface area contributed by atoms with E-state index in [0.717, 1.165) is 0 Å². The van der Waals surface area contributed by atoms with Gasteiger partial charge in [-0.3, -0.25) is 4.57 Å². The maximum atomic E-state index is 5.64. The zero-order valence-electron chi connectivity index (χ0n) is 6.18. The van der Waals surface area contributed by atoms with Crippen molar-refractivity contribution in [2.75, 3.05) is 0 Å². The Morgan fingerprint density at radius 2 is 1.67 bits per heavy atom. The van der Waals surface area contributed by atoms with Crippen LogP contribution in [-0.2, 0) is 0 Å². The van der Waals surface area contributed by atoms with Crippen LogP contribution in [0.2, 0.25) is 5.02 Å². The Kier molecular flexibility index (Phi) is 1.80. The fraction of sp³-hybridized carbons (Fsp3) is 0. The number of rotatable bonds is 1. The van der Waals surface area contributed by atoms with Crippen molar-refractivity contribution in [3.05, 3.63) is 41.9 Å². The van der Waals surface area contributed by atoms with E-state index in [0.29, 0.717) is 11.0 Å². The van der Waals surface area contributed by atoms with Crippen LogP contribution < -0.4 is 0 Å². The van der Waals surface area contributed by atoms with Gasteiger partial charge in [0.1, 0.15) is 0 Å². The average molecular weight is 180 g/mol. The third-order valence-electron chi connectivity index (χ3n) is 1.44. The maximum absolute atomic E-state index is 5.64. The molecule has 0 saturated carbocycles. The molecular formula is C8H6ClN3. The first-order valence-corrected chi connectivity index (χ1v) is 3.85. The second-order valence-electron chi connectivity index (χ2n) is 2.29. The molecule has 0 N–H and O–H groups in total. The minimum absolute atomic E-state index is 0.547. The van der Waals surface area contributed by atoms with Gasteiger partial charge in [-0.2, -0.15) is 0 Å². The summed E-state index contributed by atoms with van der Waals surface area (Å²) in [5.41, 5.74) is 0. The lowest BCUT2D eigenvalue weighted by atomic mass is 10.6. The molecule has 2 aromatic heterocycles. The highest BCUT2D eigenvalue weighted by atomic mass is 35.5. The van der Waals surface area contributed by atoms with Crippen molar-refractivity contribution in [1.29, 1.82) is 0 Å². The summed E-state index contributed by atoms with van der Waals surface area (Å²) in [6.45, 7) is 0. The van der Waals surface area contributed by atoms with Gasteiger partial charge in [0, 0.05) is 12.4 Å². The minimum atomic E-state index is 0.547. The second-order valence-corrected chi connectivity index (χ2v) is 2.73. The highest BCUT2D eigenvalue weighted by molar-refractivity contribution is 6.30. The molecule has 0 bridgehead atoms. The van der Waals surface area contributed by atoms with Gasteiger partial charge in [0.05, 0.1) is 17.4 Å². The molecule has 3 nitrogen and oxygen atoms in total. The van der Waals surface area contributed by atoms with Gasteiger partial charge >= 0.3 is 0 Å². The fourth-order valence-corrected chi connectivity index (χ4v) is 1.00. The van der Waals surface area contributed by atoms with Crippen LogP contribution in [0.3, 0.4) is 0 Å². The molecule has 0 fully saturated rings. The van der Waals surface area contributed by atoms with E-state index in [1.54, 1.807) is 12.4 Å². The molecular weight excluding hydrogens is 174 g/mol. The molecule has 0 unspecified atom stereocenters. The summed E-state index contributed by atoms with van der Waals surface area (Å²) in [4.78, 5) is 8.08. The topological polar surface area (TPSA) is 30.7 Å². The zero-order valence-corrected chi connectivity index (χ0v) is 6.94. The summed E-state index contributed by atoms with van der Waals surface area (Å²) >= 11 is 5.64. The Labute approximate surface area is 74.7 Å². The van der Waals surface area contributed by atoms with E-state index in [9.17, 15) is 0 Å². The highest BCUT2D eigenvalue weighted by Crippen LogP contribution is 2.05. The number of aromatic nitrogens is 3. The van der Waals surface area contributed by atoms with Gasteiger partial charge in [-0.1, -0.05) is 11.6 Å². The summed E-state index contributed by atoms with van der Waals surface area (Å²) in [5, 5.41) is 0.547. The van der Waals surface area contributed by atoms with Crippen molar-refractivity contribution >= 4 is 11.6 Å². The molecule has 0 spiro atoms. The first-order chi connectivity index (χ1) is 5.86. The summed E-state index contributed by atoms with van der Waals surface area (Å²) in [7, 11) is 0. The van der Waals surface area contributed by atoms with Crippen LogP contribution in [-0.4, -0.2) is 14.5 Å². The molecule has 0 aromatic carbocycles. The fourth-order valence-electron chi connectivity index (χ4n) is 0.907. The Hall–Kier alpha value is -1.35. The van der Waals surface area contributed by atoms with Crippen molar-refractivity contribution in [2.24, 2.45) is 0 Å². The van der Waals surface area contributed by atoms with Crippen molar-refractivity contribution < 1.29 is 0 Å². The van der Waals surface area contributed by atoms with Crippen LogP contribution in [0.25, 0.3) is 5.95 Å². The van der Waals surface area contributed by atoms with Crippen LogP contribution in [0.4, 0.5) is 0 Å². The highest BCUT2D eigenvalue weighted by Gasteiger charge is 1.95. The van der Waals surface area contributed by atoms with Crippen molar-refractivity contribution in [3.63, 3.8) is 0 Å². The molecule has 0 radical (unpaired) electrons. The summed E-state index contributed by atoms with van der Waals surface area (Å²) in [5.74, 6) is 0.629. The third kappa shape index (κ3) is 1.31. The summed E-state index contributed by atoms with van der Waals surface area (Å²) in [6.07, 6.45) is 6.90. The quantitative estimate of drug-likeness (QED) is 0.670. The number of hydrogen-bond donors (Lipinski definition) is 0. The molecule has 12 heavy (non-hydrogen) atoms. The predicted octanol–water partition coefficient (Wildman–Crippen LogP) is 1.92. The van der Waals surface area contributed by atoms with E-state index in [4.69, 9.17) is 11.6 Å². The lowest BCUT2D eigenvalue weighted by Crippen LogP contribution is -1.96. The zero-order chi connectivity index (χ0) is 8.39. The van der Waals surface area contributed by atoms with Crippen molar-refractivity contribution in [3.8, 4) is 5.95 Å². The summed E-state index contributed by atoms with van der Waals surface area (Å²) < 4.78 is 1.82. The van der Waals surface area contributed by atoms with Gasteiger partial charge in [-0.15, -0.1) is 0 Å². The van der Waals surface area contributed by atoms with E-state index in [2.05, 4.69) is 9.97 Å². The molecule has 2 aromatic rings. The lowest BCUT2D eigenvalue weighted by Gasteiger charge is -1.98. The minimum Gasteiger partial charge on any atom is -0.293 e. The van der Waals surface area contributed by atoms with E-state index in [-0.39, 0.29) is 0 Å². The van der Waals surface area contributed by atoms with Gasteiger partial charge in [-0.25, -0.2) is 9.97 Å². The molecule has 0 atom stereocenters. The number of halogens is 1. The maximum Gasteiger partial charge on any atom is 0.233 e. The monoisotopic (exact) mass is 179 g/mol. The Balaban J connectivity index is 2.43. The van der Waals surface area contributed by atoms with E-state index in [1.807, 2.05) is 29.1 Å². The van der Waals surface area contributed by atoms with Gasteiger partial charge in [0.25, 0.3) is 0 Å². The SMILES string of the molecule is Clc1cnc(-n2cccc2)nc1. The molecule has 4 heteroatoms. The molecule has 0 aliphatic carbocycles. The van der Waals surface area contributed by atoms with Crippen LogP contribution in [0.15, 0.2) is 36.9 Å². The van der Waals surface area contributed by atoms with E-state index < -0.39 is 0 Å². The van der Waals surface area contributed by atoms with Crippen LogP contribution in [0.1, 0.15) is 0 Å². The Bertz CT molecular complexity index is 352. The Morgan fingerprint density at radius 1 is 1.08 bits per heavy atom. The van der Waals surface area contributed by atoms with Gasteiger partial charge in [0.2, 0.25) is 5.95 Å². The standard InChI is InChI=1S/C8H6ClN3/c9-7-5-10-8(11-6-7)12-3-1-2-4-12/h1-6H. The second kappa shape index (κ2) is 2.95. The predicted molar refractivity (Wildman–Crippen MR) is 46.4 cm³/mol. The lowest BCUT2D eigenvalue weighted by molar-refractivity contribution is 0.935. The van der Waals surface area contributed by atoms with Crippen LogP contribution in [0.5, 0.6) is 0 Å². The van der Waals surface area contributed by atoms with Crippen molar-refractivity contribution in [2.45, 2.75) is 0 Å². The molecule has 0 amide bonds. The molecule has 2 heterocycles. The van der Waals surface area contributed by atoms with E-state index >= 15 is 0 Å². The summed E-state index contributed by atoms with van der Waals surface area (Å²) in [6, 6.07) is 3.83. The molecule has 0 aliphatic heterocycles. The van der Waals surface area contributed by atoms with Crippen LogP contribution >= 0.6 is 11.6 Å². The van der Waals surface area contributed by atoms with Crippen molar-refractivity contribution in [1.82, 2.24) is 14.5 Å².